The maximum Gasteiger partial charge on any atom is 0.311 e. The van der Waals surface area contributed by atoms with E-state index in [1.165, 1.54) is 19.2 Å². The normalized spacial score (nSPS) is 14.2. The first-order valence-electron chi connectivity index (χ1n) is 7.72. The Bertz CT molecular complexity index is 652. The Morgan fingerprint density at radius 1 is 1.33 bits per heavy atom. The molecule has 1 N–H and O–H groups in total. The van der Waals surface area contributed by atoms with Crippen LogP contribution in [0, 0.1) is 23.0 Å². The van der Waals surface area contributed by atoms with Crippen LogP contribution in [0.25, 0.3) is 0 Å². The molecule has 8 heteroatoms. The lowest BCUT2D eigenvalue weighted by atomic mass is 10.1. The van der Waals surface area contributed by atoms with Crippen molar-refractivity contribution in [3.63, 3.8) is 0 Å². The van der Waals surface area contributed by atoms with E-state index in [1.54, 1.807) is 6.92 Å². The van der Waals surface area contributed by atoms with Crippen LogP contribution in [-0.2, 0) is 14.3 Å². The molecule has 0 bridgehead atoms. The number of carbonyl (C=O) groups excluding carboxylic acids is 2. The molecule has 1 aliphatic rings. The SMILES string of the molecule is COc1cc(NC(=O)COC(=O)C2CCCC2)c(C)cc1[N+](=O)[O-]. The molecule has 1 fully saturated rings. The number of nitro groups is 1. The van der Waals surface area contributed by atoms with Crippen molar-refractivity contribution in [2.45, 2.75) is 32.6 Å². The molecular weight excluding hydrogens is 316 g/mol. The lowest BCUT2D eigenvalue weighted by Gasteiger charge is -2.12. The molecule has 0 spiro atoms. The van der Waals surface area contributed by atoms with Crippen LogP contribution in [0.15, 0.2) is 12.1 Å². The molecule has 8 nitrogen and oxygen atoms in total. The van der Waals surface area contributed by atoms with Gasteiger partial charge >= 0.3 is 11.7 Å². The van der Waals surface area contributed by atoms with Gasteiger partial charge in [0.1, 0.15) is 0 Å². The van der Waals surface area contributed by atoms with Gasteiger partial charge in [-0.3, -0.25) is 19.7 Å². The van der Waals surface area contributed by atoms with Gasteiger partial charge in [0, 0.05) is 17.8 Å². The summed E-state index contributed by atoms with van der Waals surface area (Å²) < 4.78 is 10.00. The van der Waals surface area contributed by atoms with Crippen LogP contribution >= 0.6 is 0 Å². The van der Waals surface area contributed by atoms with Gasteiger partial charge in [0.05, 0.1) is 18.0 Å². The minimum absolute atomic E-state index is 0.0452. The summed E-state index contributed by atoms with van der Waals surface area (Å²) in [6, 6.07) is 2.70. The number of esters is 1. The van der Waals surface area contributed by atoms with Crippen LogP contribution < -0.4 is 10.1 Å². The van der Waals surface area contributed by atoms with Gasteiger partial charge < -0.3 is 14.8 Å². The third kappa shape index (κ3) is 4.21. The highest BCUT2D eigenvalue weighted by atomic mass is 16.6. The molecule has 2 rings (SSSR count). The molecule has 1 amide bonds. The number of anilines is 1. The summed E-state index contributed by atoms with van der Waals surface area (Å²) in [5, 5.41) is 13.5. The Morgan fingerprint density at radius 2 is 2.00 bits per heavy atom. The fourth-order valence-corrected chi connectivity index (χ4v) is 2.72. The van der Waals surface area contributed by atoms with E-state index in [-0.39, 0.29) is 29.9 Å². The molecule has 1 saturated carbocycles. The number of amides is 1. The second-order valence-electron chi connectivity index (χ2n) is 5.73. The van der Waals surface area contributed by atoms with Gasteiger partial charge in [-0.15, -0.1) is 0 Å². The number of nitrogens with zero attached hydrogens (tertiary/aromatic N) is 1. The van der Waals surface area contributed by atoms with Gasteiger partial charge in [0.2, 0.25) is 0 Å². The molecule has 1 aliphatic carbocycles. The van der Waals surface area contributed by atoms with Crippen molar-refractivity contribution >= 4 is 23.3 Å². The molecule has 0 aliphatic heterocycles. The number of nitrogens with one attached hydrogen (secondary N) is 1. The number of ether oxygens (including phenoxy) is 2. The highest BCUT2D eigenvalue weighted by molar-refractivity contribution is 5.94. The van der Waals surface area contributed by atoms with Crippen molar-refractivity contribution in [3.8, 4) is 5.75 Å². The maximum absolute atomic E-state index is 11.9. The first-order chi connectivity index (χ1) is 11.4. The Kier molecular flexibility index (Phi) is 5.73. The monoisotopic (exact) mass is 336 g/mol. The van der Waals surface area contributed by atoms with Crippen LogP contribution in [0.2, 0.25) is 0 Å². The molecule has 1 aromatic carbocycles. The third-order valence-electron chi connectivity index (χ3n) is 4.03. The number of rotatable bonds is 6. The van der Waals surface area contributed by atoms with E-state index in [0.717, 1.165) is 25.7 Å². The second-order valence-corrected chi connectivity index (χ2v) is 5.73. The highest BCUT2D eigenvalue weighted by Crippen LogP contribution is 2.32. The third-order valence-corrected chi connectivity index (χ3v) is 4.03. The standard InChI is InChI=1S/C16H20N2O6/c1-10-7-13(18(21)22)14(23-2)8-12(10)17-15(19)9-24-16(20)11-5-3-4-6-11/h7-8,11H,3-6,9H2,1-2H3,(H,17,19). The van der Waals surface area contributed by atoms with E-state index in [2.05, 4.69) is 5.32 Å². The van der Waals surface area contributed by atoms with E-state index in [4.69, 9.17) is 9.47 Å². The highest BCUT2D eigenvalue weighted by Gasteiger charge is 2.25. The predicted molar refractivity (Wildman–Crippen MR) is 85.9 cm³/mol. The summed E-state index contributed by atoms with van der Waals surface area (Å²) >= 11 is 0. The zero-order chi connectivity index (χ0) is 17.7. The smallest absolute Gasteiger partial charge is 0.311 e. The van der Waals surface area contributed by atoms with E-state index >= 15 is 0 Å². The summed E-state index contributed by atoms with van der Waals surface area (Å²) in [5.74, 6) is -0.913. The van der Waals surface area contributed by atoms with Gasteiger partial charge in [-0.05, 0) is 25.3 Å². The number of carbonyl (C=O) groups is 2. The van der Waals surface area contributed by atoms with Gasteiger partial charge in [-0.2, -0.15) is 0 Å². The summed E-state index contributed by atoms with van der Waals surface area (Å²) in [6.07, 6.45) is 3.62. The Labute approximate surface area is 139 Å². The number of aryl methyl sites for hydroxylation is 1. The van der Waals surface area contributed by atoms with Crippen LogP contribution in [0.1, 0.15) is 31.2 Å². The molecule has 1 aromatic rings. The molecule has 0 atom stereocenters. The molecule has 0 unspecified atom stereocenters. The van der Waals surface area contributed by atoms with Crippen molar-refractivity contribution < 1.29 is 24.0 Å². The number of methoxy groups -OCH3 is 1. The van der Waals surface area contributed by atoms with Crippen molar-refractivity contribution in [2.24, 2.45) is 5.92 Å². The molecular formula is C16H20N2O6. The molecule has 0 saturated heterocycles. The summed E-state index contributed by atoms with van der Waals surface area (Å²) in [4.78, 5) is 34.1. The largest absolute Gasteiger partial charge is 0.490 e. The Hall–Kier alpha value is -2.64. The van der Waals surface area contributed by atoms with Crippen molar-refractivity contribution in [3.05, 3.63) is 27.8 Å². The van der Waals surface area contributed by atoms with Gasteiger partial charge in [0.25, 0.3) is 5.91 Å². The summed E-state index contributed by atoms with van der Waals surface area (Å²) in [6.45, 7) is 1.25. The lowest BCUT2D eigenvalue weighted by Crippen LogP contribution is -2.24. The minimum atomic E-state index is -0.555. The fraction of sp³-hybridized carbons (Fsp3) is 0.500. The molecule has 0 heterocycles. The Balaban J connectivity index is 1.98. The van der Waals surface area contributed by atoms with Gasteiger partial charge in [0.15, 0.2) is 12.4 Å². The molecule has 130 valence electrons. The van der Waals surface area contributed by atoms with Gasteiger partial charge in [-0.25, -0.2) is 0 Å². The summed E-state index contributed by atoms with van der Waals surface area (Å²) in [5.41, 5.74) is 0.706. The van der Waals surface area contributed by atoms with Crippen LogP contribution in [0.5, 0.6) is 5.75 Å². The lowest BCUT2D eigenvalue weighted by molar-refractivity contribution is -0.385. The number of benzene rings is 1. The zero-order valence-electron chi connectivity index (χ0n) is 13.7. The average molecular weight is 336 g/mol. The predicted octanol–water partition coefficient (Wildman–Crippen LogP) is 2.58. The van der Waals surface area contributed by atoms with E-state index in [0.29, 0.717) is 11.3 Å². The molecule has 24 heavy (non-hydrogen) atoms. The molecule has 0 radical (unpaired) electrons. The van der Waals surface area contributed by atoms with Crippen molar-refractivity contribution in [2.75, 3.05) is 19.0 Å². The number of hydrogen-bond acceptors (Lipinski definition) is 6. The second kappa shape index (κ2) is 7.76. The maximum atomic E-state index is 11.9. The van der Waals surface area contributed by atoms with E-state index in [9.17, 15) is 19.7 Å². The zero-order valence-corrected chi connectivity index (χ0v) is 13.7. The van der Waals surface area contributed by atoms with E-state index < -0.39 is 10.8 Å². The molecule has 0 aromatic heterocycles. The van der Waals surface area contributed by atoms with Crippen molar-refractivity contribution in [1.29, 1.82) is 0 Å². The number of nitro benzene ring substituents is 1. The van der Waals surface area contributed by atoms with Crippen LogP contribution in [-0.4, -0.2) is 30.5 Å². The first-order valence-corrected chi connectivity index (χ1v) is 7.72. The first kappa shape index (κ1) is 17.7. The minimum Gasteiger partial charge on any atom is -0.490 e. The van der Waals surface area contributed by atoms with E-state index in [1.807, 2.05) is 0 Å². The van der Waals surface area contributed by atoms with Crippen LogP contribution in [0.3, 0.4) is 0 Å². The number of hydrogen-bond donors (Lipinski definition) is 1. The fourth-order valence-electron chi connectivity index (χ4n) is 2.72. The van der Waals surface area contributed by atoms with Crippen molar-refractivity contribution in [1.82, 2.24) is 0 Å². The summed E-state index contributed by atoms with van der Waals surface area (Å²) in [7, 11) is 1.31. The average Bonchev–Trinajstić information content (AvgIpc) is 3.08. The van der Waals surface area contributed by atoms with Gasteiger partial charge in [-0.1, -0.05) is 12.8 Å². The topological polar surface area (TPSA) is 108 Å². The quantitative estimate of drug-likeness (QED) is 0.486. The Morgan fingerprint density at radius 3 is 2.58 bits per heavy atom. The van der Waals surface area contributed by atoms with Crippen LogP contribution in [0.4, 0.5) is 11.4 Å².